The largest absolute Gasteiger partial charge is 0.460 e. The highest BCUT2D eigenvalue weighted by Gasteiger charge is 2.29. The Balaban J connectivity index is 2.58. The normalized spacial score (nSPS) is 11.4. The lowest BCUT2D eigenvalue weighted by Crippen LogP contribution is -2.31. The first-order chi connectivity index (χ1) is 8.19. The van der Waals surface area contributed by atoms with Gasteiger partial charge in [0.1, 0.15) is 0 Å². The Labute approximate surface area is 99.3 Å². The molecule has 0 aliphatic carbocycles. The molecule has 1 atom stereocenters. The van der Waals surface area contributed by atoms with Crippen LogP contribution in [0.5, 0.6) is 0 Å². The summed E-state index contributed by atoms with van der Waals surface area (Å²) in [5, 5.41) is 9.68. The van der Waals surface area contributed by atoms with Crippen molar-refractivity contribution in [2.45, 2.75) is 18.9 Å². The molecular weight excluding hydrogens is 220 g/mol. The van der Waals surface area contributed by atoms with E-state index in [1.165, 1.54) is 0 Å². The summed E-state index contributed by atoms with van der Waals surface area (Å²) in [5.74, 6) is -0.826. The number of nitrogens with zero attached hydrogens (tertiary/aromatic N) is 2. The SMILES string of the molecule is COC(=O)C(=[N+]=[N-])C(O)CCc1ccccc1. The van der Waals surface area contributed by atoms with E-state index in [1.807, 2.05) is 30.3 Å². The molecule has 5 heteroatoms. The van der Waals surface area contributed by atoms with Gasteiger partial charge in [0.05, 0.1) is 7.11 Å². The molecule has 5 nitrogen and oxygen atoms in total. The minimum atomic E-state index is -1.13. The molecule has 0 radical (unpaired) electrons. The number of carbonyl (C=O) groups is 1. The first-order valence-electron chi connectivity index (χ1n) is 5.21. The molecule has 0 saturated heterocycles. The number of ether oxygens (including phenoxy) is 1. The molecular formula is C12H14N2O3. The van der Waals surface area contributed by atoms with Crippen LogP contribution in [0.2, 0.25) is 0 Å². The van der Waals surface area contributed by atoms with Crippen LogP contribution in [0, 0.1) is 0 Å². The number of benzene rings is 1. The highest BCUT2D eigenvalue weighted by Crippen LogP contribution is 2.06. The molecule has 0 aliphatic rings. The first kappa shape index (κ1) is 13.1. The zero-order valence-electron chi connectivity index (χ0n) is 9.54. The summed E-state index contributed by atoms with van der Waals surface area (Å²) >= 11 is 0. The number of aryl methyl sites for hydroxylation is 1. The van der Waals surface area contributed by atoms with Crippen LogP contribution in [0.25, 0.3) is 5.53 Å². The smallest absolute Gasteiger partial charge is 0.419 e. The summed E-state index contributed by atoms with van der Waals surface area (Å²) in [6.07, 6.45) is -0.260. The van der Waals surface area contributed by atoms with E-state index in [4.69, 9.17) is 5.53 Å². The van der Waals surface area contributed by atoms with E-state index in [1.54, 1.807) is 0 Å². The van der Waals surface area contributed by atoms with Crippen LogP contribution in [0.3, 0.4) is 0 Å². The van der Waals surface area contributed by atoms with E-state index in [-0.39, 0.29) is 5.71 Å². The van der Waals surface area contributed by atoms with Crippen LogP contribution in [-0.2, 0) is 16.0 Å². The molecule has 1 rings (SSSR count). The zero-order chi connectivity index (χ0) is 12.7. The van der Waals surface area contributed by atoms with Gasteiger partial charge in [0.15, 0.2) is 6.10 Å². The summed E-state index contributed by atoms with van der Waals surface area (Å²) in [5.41, 5.74) is 9.29. The Hall–Kier alpha value is -1.97. The lowest BCUT2D eigenvalue weighted by molar-refractivity contribution is -0.139. The van der Waals surface area contributed by atoms with Gasteiger partial charge in [-0.1, -0.05) is 30.3 Å². The molecule has 90 valence electrons. The van der Waals surface area contributed by atoms with E-state index in [2.05, 4.69) is 9.53 Å². The monoisotopic (exact) mass is 234 g/mol. The molecule has 0 aromatic heterocycles. The van der Waals surface area contributed by atoms with Crippen LogP contribution < -0.4 is 0 Å². The Morgan fingerprint density at radius 3 is 2.65 bits per heavy atom. The van der Waals surface area contributed by atoms with Gasteiger partial charge < -0.3 is 15.4 Å². The molecule has 0 bridgehead atoms. The van der Waals surface area contributed by atoms with Crippen molar-refractivity contribution in [3.63, 3.8) is 0 Å². The highest BCUT2D eigenvalue weighted by atomic mass is 16.5. The molecule has 0 amide bonds. The van der Waals surface area contributed by atoms with E-state index < -0.39 is 12.1 Å². The average molecular weight is 234 g/mol. The van der Waals surface area contributed by atoms with Crippen LogP contribution in [0.1, 0.15) is 12.0 Å². The van der Waals surface area contributed by atoms with Crippen LogP contribution in [0.15, 0.2) is 30.3 Å². The van der Waals surface area contributed by atoms with Crippen molar-refractivity contribution >= 4 is 11.7 Å². The predicted molar refractivity (Wildman–Crippen MR) is 61.4 cm³/mol. The zero-order valence-corrected chi connectivity index (χ0v) is 9.54. The van der Waals surface area contributed by atoms with Crippen LogP contribution >= 0.6 is 0 Å². The lowest BCUT2D eigenvalue weighted by Gasteiger charge is -2.05. The molecule has 0 heterocycles. The maximum atomic E-state index is 11.1. The number of methoxy groups -OCH3 is 1. The second-order valence-corrected chi connectivity index (χ2v) is 3.52. The van der Waals surface area contributed by atoms with Crippen molar-refractivity contribution in [2.75, 3.05) is 7.11 Å². The number of carbonyl (C=O) groups excluding carboxylic acids is 1. The summed E-state index contributed by atoms with van der Waals surface area (Å²) < 4.78 is 4.39. The Morgan fingerprint density at radius 2 is 2.12 bits per heavy atom. The Bertz CT molecular complexity index is 425. The lowest BCUT2D eigenvalue weighted by atomic mass is 10.0. The fourth-order valence-corrected chi connectivity index (χ4v) is 1.43. The second-order valence-electron chi connectivity index (χ2n) is 3.52. The number of hydrogen-bond donors (Lipinski definition) is 1. The third-order valence-electron chi connectivity index (χ3n) is 2.37. The predicted octanol–water partition coefficient (Wildman–Crippen LogP) is 0.824. The van der Waals surface area contributed by atoms with E-state index in [9.17, 15) is 9.90 Å². The van der Waals surface area contributed by atoms with Gasteiger partial charge in [0, 0.05) is 0 Å². The molecule has 1 N–H and O–H groups in total. The average Bonchev–Trinajstić information content (AvgIpc) is 2.38. The van der Waals surface area contributed by atoms with Gasteiger partial charge in [-0.3, -0.25) is 0 Å². The van der Waals surface area contributed by atoms with Gasteiger partial charge in [-0.2, -0.15) is 4.79 Å². The van der Waals surface area contributed by atoms with Gasteiger partial charge in [0.25, 0.3) is 0 Å². The van der Waals surface area contributed by atoms with Crippen molar-refractivity contribution < 1.29 is 19.4 Å². The van der Waals surface area contributed by atoms with Crippen molar-refractivity contribution in [3.8, 4) is 0 Å². The second kappa shape index (κ2) is 6.58. The van der Waals surface area contributed by atoms with Gasteiger partial charge in [-0.25, -0.2) is 4.79 Å². The minimum Gasteiger partial charge on any atom is -0.460 e. The van der Waals surface area contributed by atoms with Crippen molar-refractivity contribution in [1.29, 1.82) is 0 Å². The summed E-state index contributed by atoms with van der Waals surface area (Å²) in [6, 6.07) is 9.52. The molecule has 0 aliphatic heterocycles. The first-order valence-corrected chi connectivity index (χ1v) is 5.21. The number of hydrogen-bond acceptors (Lipinski definition) is 3. The van der Waals surface area contributed by atoms with Gasteiger partial charge in [0.2, 0.25) is 0 Å². The Kier molecular flexibility index (Phi) is 5.07. The maximum absolute atomic E-state index is 11.1. The summed E-state index contributed by atoms with van der Waals surface area (Å²) in [4.78, 5) is 13.9. The van der Waals surface area contributed by atoms with Crippen LogP contribution in [0.4, 0.5) is 0 Å². The molecule has 1 aromatic rings. The van der Waals surface area contributed by atoms with Gasteiger partial charge in [-0.15, -0.1) is 0 Å². The minimum absolute atomic E-state index is 0.290. The van der Waals surface area contributed by atoms with Gasteiger partial charge >= 0.3 is 11.7 Å². The Morgan fingerprint density at radius 1 is 1.47 bits per heavy atom. The molecule has 0 spiro atoms. The maximum Gasteiger partial charge on any atom is 0.419 e. The van der Waals surface area contributed by atoms with Gasteiger partial charge in [-0.05, 0) is 18.4 Å². The number of esters is 1. The molecule has 1 aromatic carbocycles. The molecule has 1 unspecified atom stereocenters. The summed E-state index contributed by atoms with van der Waals surface area (Å²) in [6.45, 7) is 0. The van der Waals surface area contributed by atoms with Crippen molar-refractivity contribution in [1.82, 2.24) is 0 Å². The van der Waals surface area contributed by atoms with Crippen LogP contribution in [-0.4, -0.2) is 34.8 Å². The number of aliphatic hydroxyl groups is 1. The standard InChI is InChI=1S/C12H14N2O3/c1-17-12(16)11(14-13)10(15)8-7-9-5-3-2-4-6-9/h2-6,10,15H,7-8H2,1H3. The third kappa shape index (κ3) is 3.83. The molecule has 0 saturated carbocycles. The summed E-state index contributed by atoms with van der Waals surface area (Å²) in [7, 11) is 1.16. The fourth-order valence-electron chi connectivity index (χ4n) is 1.43. The topological polar surface area (TPSA) is 82.9 Å². The number of rotatable bonds is 5. The molecule has 0 fully saturated rings. The number of aliphatic hydroxyl groups excluding tert-OH is 1. The van der Waals surface area contributed by atoms with Crippen molar-refractivity contribution in [2.24, 2.45) is 0 Å². The van der Waals surface area contributed by atoms with E-state index >= 15 is 0 Å². The highest BCUT2D eigenvalue weighted by molar-refractivity contribution is 6.35. The fraction of sp³-hybridized carbons (Fsp3) is 0.333. The quantitative estimate of drug-likeness (QED) is 0.354. The van der Waals surface area contributed by atoms with E-state index in [0.29, 0.717) is 12.8 Å². The molecule has 17 heavy (non-hydrogen) atoms. The third-order valence-corrected chi connectivity index (χ3v) is 2.37. The van der Waals surface area contributed by atoms with E-state index in [0.717, 1.165) is 12.7 Å². The van der Waals surface area contributed by atoms with Crippen molar-refractivity contribution in [3.05, 3.63) is 41.4 Å².